The molecule has 0 radical (unpaired) electrons. The number of alkyl carbamates (subject to hydrolysis) is 1. The lowest BCUT2D eigenvalue weighted by Crippen LogP contribution is -2.32. The smallest absolute Gasteiger partial charge is 0.407 e. The second-order valence-electron chi connectivity index (χ2n) is 6.99. The van der Waals surface area contributed by atoms with Crippen molar-refractivity contribution in [2.45, 2.75) is 90.6 Å². The third-order valence-corrected chi connectivity index (χ3v) is 3.55. The van der Waals surface area contributed by atoms with Gasteiger partial charge in [-0.3, -0.25) is 4.79 Å². The maximum absolute atomic E-state index is 11.4. The zero-order chi connectivity index (χ0) is 18.3. The van der Waals surface area contributed by atoms with Crippen molar-refractivity contribution < 1.29 is 19.1 Å². The number of halogens is 1. The quantitative estimate of drug-likeness (QED) is 0.279. The number of rotatable bonds is 13. The molecule has 0 rings (SSSR count). The molecule has 0 spiro atoms. The fourth-order valence-electron chi connectivity index (χ4n) is 2.27. The molecule has 5 nitrogen and oxygen atoms in total. The molecule has 0 saturated carbocycles. The summed E-state index contributed by atoms with van der Waals surface area (Å²) >= 11 is 5.31. The summed E-state index contributed by atoms with van der Waals surface area (Å²) in [6.07, 6.45) is 10.2. The first-order valence-corrected chi connectivity index (χ1v) is 9.57. The topological polar surface area (TPSA) is 64.6 Å². The summed E-state index contributed by atoms with van der Waals surface area (Å²) in [5.41, 5.74) is -0.436. The molecule has 142 valence electrons. The van der Waals surface area contributed by atoms with Gasteiger partial charge in [-0.15, -0.1) is 0 Å². The van der Waals surface area contributed by atoms with E-state index in [1.165, 1.54) is 25.7 Å². The molecule has 0 saturated heterocycles. The lowest BCUT2D eigenvalue weighted by atomic mass is 10.1. The average Bonchev–Trinajstić information content (AvgIpc) is 2.46. The third-order valence-electron chi connectivity index (χ3n) is 3.44. The molecule has 0 aliphatic carbocycles. The number of nitrogens with one attached hydrogen (secondary N) is 1. The number of alkyl halides is 1. The number of carbonyl (C=O) groups excluding carboxylic acids is 2. The van der Waals surface area contributed by atoms with E-state index in [0.717, 1.165) is 32.1 Å². The Morgan fingerprint density at radius 1 is 0.875 bits per heavy atom. The zero-order valence-corrected chi connectivity index (χ0v) is 16.3. The van der Waals surface area contributed by atoms with Crippen molar-refractivity contribution in [1.82, 2.24) is 5.32 Å². The van der Waals surface area contributed by atoms with Crippen molar-refractivity contribution in [3.63, 3.8) is 0 Å². The standard InChI is InChI=1S/C18H34ClNO4/c1-18(2,3)24-17(22)20-14-12-10-8-6-4-5-7-9-11-13-16(21)23-15-19/h4-15H2,1-3H3,(H,20,22). The van der Waals surface area contributed by atoms with Crippen LogP contribution in [0.1, 0.15) is 85.0 Å². The van der Waals surface area contributed by atoms with E-state index in [4.69, 9.17) is 16.3 Å². The molecule has 24 heavy (non-hydrogen) atoms. The summed E-state index contributed by atoms with van der Waals surface area (Å²) in [6, 6.07) is -0.0495. The summed E-state index contributed by atoms with van der Waals surface area (Å²) in [7, 11) is 0. The number of carbonyl (C=O) groups is 2. The van der Waals surface area contributed by atoms with Crippen LogP contribution in [0.25, 0.3) is 0 Å². The second kappa shape index (κ2) is 14.4. The average molecular weight is 364 g/mol. The molecule has 0 aliphatic heterocycles. The van der Waals surface area contributed by atoms with Gasteiger partial charge in [0.1, 0.15) is 5.60 Å². The lowest BCUT2D eigenvalue weighted by molar-refractivity contribution is -0.141. The minimum absolute atomic E-state index is 0.0495. The first kappa shape index (κ1) is 23.0. The van der Waals surface area contributed by atoms with Crippen molar-refractivity contribution >= 4 is 23.7 Å². The molecule has 0 unspecified atom stereocenters. The van der Waals surface area contributed by atoms with Crippen molar-refractivity contribution in [3.8, 4) is 0 Å². The molecule has 0 aromatic carbocycles. The zero-order valence-electron chi connectivity index (χ0n) is 15.5. The number of ether oxygens (including phenoxy) is 2. The SMILES string of the molecule is CC(C)(C)OC(=O)NCCCCCCCCCCCC(=O)OCCl. The van der Waals surface area contributed by atoms with Gasteiger partial charge in [0.2, 0.25) is 0 Å². The molecule has 0 atom stereocenters. The van der Waals surface area contributed by atoms with E-state index >= 15 is 0 Å². The third kappa shape index (κ3) is 17.4. The first-order chi connectivity index (χ1) is 11.3. The Bertz CT molecular complexity index is 342. The van der Waals surface area contributed by atoms with Crippen molar-refractivity contribution in [2.24, 2.45) is 0 Å². The monoisotopic (exact) mass is 363 g/mol. The maximum atomic E-state index is 11.4. The molecule has 6 heteroatoms. The molecule has 0 aromatic heterocycles. The molecular weight excluding hydrogens is 330 g/mol. The van der Waals surface area contributed by atoms with Gasteiger partial charge in [0.05, 0.1) is 0 Å². The van der Waals surface area contributed by atoms with E-state index in [1.807, 2.05) is 20.8 Å². The molecule has 0 heterocycles. The van der Waals surface area contributed by atoms with Gasteiger partial charge in [-0.2, -0.15) is 0 Å². The Morgan fingerprint density at radius 3 is 1.88 bits per heavy atom. The number of esters is 1. The molecule has 0 aliphatic rings. The Morgan fingerprint density at radius 2 is 1.38 bits per heavy atom. The van der Waals surface area contributed by atoms with Gasteiger partial charge < -0.3 is 14.8 Å². The van der Waals surface area contributed by atoms with E-state index < -0.39 is 5.60 Å². The number of hydrogen-bond acceptors (Lipinski definition) is 4. The summed E-state index contributed by atoms with van der Waals surface area (Å²) in [5, 5.41) is 2.78. The predicted octanol–water partition coefficient (Wildman–Crippen LogP) is 5.15. The van der Waals surface area contributed by atoms with Gasteiger partial charge in [0.15, 0.2) is 6.07 Å². The van der Waals surface area contributed by atoms with Crippen molar-refractivity contribution in [2.75, 3.05) is 12.6 Å². The molecule has 1 amide bonds. The summed E-state index contributed by atoms with van der Waals surface area (Å²) in [6.45, 7) is 6.25. The fourth-order valence-corrected chi connectivity index (χ4v) is 2.39. The minimum atomic E-state index is -0.436. The molecule has 0 aromatic rings. The van der Waals surface area contributed by atoms with Crippen LogP contribution in [0.4, 0.5) is 4.79 Å². The summed E-state index contributed by atoms with van der Waals surface area (Å²) < 4.78 is 9.84. The number of unbranched alkanes of at least 4 members (excludes halogenated alkanes) is 8. The van der Waals surface area contributed by atoms with Crippen molar-refractivity contribution in [3.05, 3.63) is 0 Å². The van der Waals surface area contributed by atoms with Gasteiger partial charge >= 0.3 is 12.1 Å². The van der Waals surface area contributed by atoms with Crippen LogP contribution in [-0.2, 0) is 14.3 Å². The van der Waals surface area contributed by atoms with Crippen LogP contribution in [0.3, 0.4) is 0 Å². The molecular formula is C18H34ClNO4. The van der Waals surface area contributed by atoms with E-state index in [0.29, 0.717) is 13.0 Å². The van der Waals surface area contributed by atoms with Crippen LogP contribution in [0, 0.1) is 0 Å². The minimum Gasteiger partial charge on any atom is -0.449 e. The number of amides is 1. The highest BCUT2D eigenvalue weighted by molar-refractivity contribution is 6.17. The van der Waals surface area contributed by atoms with Crippen LogP contribution in [0.5, 0.6) is 0 Å². The maximum Gasteiger partial charge on any atom is 0.407 e. The van der Waals surface area contributed by atoms with E-state index in [-0.39, 0.29) is 18.1 Å². The number of hydrogen-bond donors (Lipinski definition) is 1. The Labute approximate surface area is 151 Å². The van der Waals surface area contributed by atoms with Gasteiger partial charge in [-0.05, 0) is 33.6 Å². The molecule has 0 fully saturated rings. The van der Waals surface area contributed by atoms with Gasteiger partial charge in [-0.25, -0.2) is 4.79 Å². The normalized spacial score (nSPS) is 11.2. The highest BCUT2D eigenvalue weighted by Crippen LogP contribution is 2.11. The Kier molecular flexibility index (Phi) is 13.8. The van der Waals surface area contributed by atoms with Crippen LogP contribution in [-0.4, -0.2) is 30.3 Å². The largest absolute Gasteiger partial charge is 0.449 e. The van der Waals surface area contributed by atoms with Crippen LogP contribution >= 0.6 is 11.6 Å². The van der Waals surface area contributed by atoms with E-state index in [2.05, 4.69) is 10.1 Å². The Balaban J connectivity index is 3.23. The van der Waals surface area contributed by atoms with E-state index in [9.17, 15) is 9.59 Å². The molecule has 1 N–H and O–H groups in total. The van der Waals surface area contributed by atoms with Gasteiger partial charge in [0.25, 0.3) is 0 Å². The van der Waals surface area contributed by atoms with Crippen molar-refractivity contribution in [1.29, 1.82) is 0 Å². The Hall–Kier alpha value is -0.970. The van der Waals surface area contributed by atoms with Crippen LogP contribution in [0.15, 0.2) is 0 Å². The summed E-state index contributed by atoms with van der Waals surface area (Å²) in [4.78, 5) is 22.5. The fraction of sp³-hybridized carbons (Fsp3) is 0.889. The van der Waals surface area contributed by atoms with Gasteiger partial charge in [0, 0.05) is 13.0 Å². The van der Waals surface area contributed by atoms with Crippen LogP contribution in [0.2, 0.25) is 0 Å². The first-order valence-electron chi connectivity index (χ1n) is 9.03. The lowest BCUT2D eigenvalue weighted by Gasteiger charge is -2.19. The van der Waals surface area contributed by atoms with Gasteiger partial charge in [-0.1, -0.05) is 56.5 Å². The predicted molar refractivity (Wildman–Crippen MR) is 97.2 cm³/mol. The van der Waals surface area contributed by atoms with E-state index in [1.54, 1.807) is 0 Å². The molecule has 0 bridgehead atoms. The van der Waals surface area contributed by atoms with Crippen LogP contribution < -0.4 is 5.32 Å². The summed E-state index contributed by atoms with van der Waals surface area (Å²) in [5.74, 6) is -0.204. The highest BCUT2D eigenvalue weighted by Gasteiger charge is 2.15. The highest BCUT2D eigenvalue weighted by atomic mass is 35.5. The second-order valence-corrected chi connectivity index (χ2v) is 7.20.